The average molecular weight is 339 g/mol. The predicted octanol–water partition coefficient (Wildman–Crippen LogP) is 2.21. The summed E-state index contributed by atoms with van der Waals surface area (Å²) < 4.78 is 0. The van der Waals surface area contributed by atoms with Crippen molar-refractivity contribution in [2.45, 2.75) is 97.0 Å². The van der Waals surface area contributed by atoms with Crippen molar-refractivity contribution in [3.63, 3.8) is 0 Å². The molecule has 0 aliphatic heterocycles. The molecule has 0 aromatic rings. The summed E-state index contributed by atoms with van der Waals surface area (Å²) in [7, 11) is 3.70. The van der Waals surface area contributed by atoms with Crippen LogP contribution in [0.25, 0.3) is 0 Å². The molecule has 0 amide bonds. The molecule has 0 heterocycles. The van der Waals surface area contributed by atoms with E-state index >= 15 is 0 Å². The van der Waals surface area contributed by atoms with Gasteiger partial charge >= 0.3 is 0 Å². The van der Waals surface area contributed by atoms with Crippen LogP contribution in [-0.2, 0) is 0 Å². The molecule has 5 N–H and O–H groups in total. The van der Waals surface area contributed by atoms with Gasteiger partial charge < -0.3 is 21.1 Å². The van der Waals surface area contributed by atoms with Crippen molar-refractivity contribution in [2.75, 3.05) is 6.54 Å². The molecule has 6 atom stereocenters. The number of hydrogen-bond acceptors (Lipinski definition) is 4. The molecule has 0 aliphatic rings. The first-order valence-corrected chi connectivity index (χ1v) is 9.47. The van der Waals surface area contributed by atoms with Gasteiger partial charge in [0.25, 0.3) is 0 Å². The summed E-state index contributed by atoms with van der Waals surface area (Å²) in [5, 5.41) is 29.8. The number of hydrogen-bond donors (Lipinski definition) is 4. The summed E-state index contributed by atoms with van der Waals surface area (Å²) in [4.78, 5) is 0. The largest absolute Gasteiger partial charge is 0.403 e. The van der Waals surface area contributed by atoms with Gasteiger partial charge in [-0.05, 0) is 43.0 Å². The second kappa shape index (κ2) is 10.8. The summed E-state index contributed by atoms with van der Waals surface area (Å²) >= 11 is 0. The van der Waals surface area contributed by atoms with Gasteiger partial charge in [0.05, 0.1) is 6.10 Å². The summed E-state index contributed by atoms with van der Waals surface area (Å²) in [6, 6.07) is -1.26. The van der Waals surface area contributed by atoms with Crippen LogP contribution >= 0.6 is 0 Å². The smallest absolute Gasteiger partial charge is 0.186 e. The molecule has 24 heavy (non-hydrogen) atoms. The quantitative estimate of drug-likeness (QED) is 0.388. The molecule has 0 rings (SSSR count). The molecule has 0 saturated carbocycles. The summed E-state index contributed by atoms with van der Waals surface area (Å²) in [5.74, 6) is 0.441. The van der Waals surface area contributed by atoms with Gasteiger partial charge in [0.2, 0.25) is 0 Å². The molecule has 0 fully saturated rings. The fourth-order valence-corrected chi connectivity index (χ4v) is 3.38. The highest BCUT2D eigenvalue weighted by Gasteiger charge is 2.43. The Balaban J connectivity index is 4.70. The normalized spacial score (nSPS) is 21.9. The Bertz CT molecular complexity index is 346. The van der Waals surface area contributed by atoms with Crippen LogP contribution in [-0.4, -0.2) is 54.5 Å². The van der Waals surface area contributed by atoms with Crippen molar-refractivity contribution in [3.8, 4) is 0 Å². The van der Waals surface area contributed by atoms with E-state index in [-0.39, 0.29) is 16.8 Å². The zero-order valence-electron chi connectivity index (χ0n) is 16.6. The first-order valence-electron chi connectivity index (χ1n) is 9.47. The Hall–Kier alpha value is -0.0301. The number of rotatable bonds is 13. The van der Waals surface area contributed by atoms with Gasteiger partial charge in [0.1, 0.15) is 7.28 Å². The molecule has 6 unspecified atom stereocenters. The van der Waals surface area contributed by atoms with Crippen LogP contribution in [0.4, 0.5) is 0 Å². The maximum absolute atomic E-state index is 10.2. The first kappa shape index (κ1) is 24.0. The highest BCUT2D eigenvalue weighted by molar-refractivity contribution is 6.46. The SMILES string of the molecule is CCC(C)CC(O)[B]C(O)C[B]C(C)(CN)C(C)(CC)CC(C)O. The Morgan fingerprint density at radius 1 is 1.04 bits per heavy atom. The third-order valence-corrected chi connectivity index (χ3v) is 5.92. The van der Waals surface area contributed by atoms with E-state index < -0.39 is 12.0 Å². The number of aliphatic hydroxyl groups is 3. The summed E-state index contributed by atoms with van der Waals surface area (Å²) in [6.07, 6.45) is 3.34. The topological polar surface area (TPSA) is 86.7 Å². The lowest BCUT2D eigenvalue weighted by Gasteiger charge is -2.47. The van der Waals surface area contributed by atoms with Crippen molar-refractivity contribution in [3.05, 3.63) is 0 Å². The Morgan fingerprint density at radius 3 is 2.04 bits per heavy atom. The van der Waals surface area contributed by atoms with Gasteiger partial charge in [0.15, 0.2) is 7.28 Å². The van der Waals surface area contributed by atoms with Crippen LogP contribution in [0.3, 0.4) is 0 Å². The average Bonchev–Trinajstić information content (AvgIpc) is 2.51. The lowest BCUT2D eigenvalue weighted by Crippen LogP contribution is -2.44. The fraction of sp³-hybridized carbons (Fsp3) is 1.00. The molecular formula is C18H39B2NO3. The predicted molar refractivity (Wildman–Crippen MR) is 105 cm³/mol. The highest BCUT2D eigenvalue weighted by Crippen LogP contribution is 2.50. The molecule has 6 heteroatoms. The number of nitrogens with two attached hydrogens (primary N) is 1. The van der Waals surface area contributed by atoms with Gasteiger partial charge in [-0.15, -0.1) is 0 Å². The van der Waals surface area contributed by atoms with Gasteiger partial charge in [-0.1, -0.05) is 53.8 Å². The zero-order chi connectivity index (χ0) is 19.0. The molecule has 0 spiro atoms. The third kappa shape index (κ3) is 7.47. The van der Waals surface area contributed by atoms with E-state index in [9.17, 15) is 15.3 Å². The van der Waals surface area contributed by atoms with Crippen molar-refractivity contribution in [1.82, 2.24) is 0 Å². The van der Waals surface area contributed by atoms with Gasteiger partial charge in [0, 0.05) is 12.0 Å². The molecule has 4 nitrogen and oxygen atoms in total. The lowest BCUT2D eigenvalue weighted by molar-refractivity contribution is 0.0877. The van der Waals surface area contributed by atoms with Gasteiger partial charge in [-0.2, -0.15) is 0 Å². The lowest BCUT2D eigenvalue weighted by atomic mass is 9.38. The minimum Gasteiger partial charge on any atom is -0.403 e. The minimum atomic E-state index is -0.678. The maximum atomic E-state index is 10.2. The van der Waals surface area contributed by atoms with E-state index in [1.54, 1.807) is 14.2 Å². The Labute approximate surface area is 151 Å². The molecule has 0 aliphatic carbocycles. The zero-order valence-corrected chi connectivity index (χ0v) is 16.6. The van der Waals surface area contributed by atoms with Crippen LogP contribution in [0.2, 0.25) is 11.6 Å². The highest BCUT2D eigenvalue weighted by atomic mass is 16.3. The third-order valence-electron chi connectivity index (χ3n) is 5.92. The van der Waals surface area contributed by atoms with E-state index in [0.29, 0.717) is 31.6 Å². The molecule has 0 aromatic carbocycles. The van der Waals surface area contributed by atoms with Crippen LogP contribution in [0.1, 0.15) is 67.2 Å². The molecule has 2 radical (unpaired) electrons. The van der Waals surface area contributed by atoms with Crippen molar-refractivity contribution in [2.24, 2.45) is 17.1 Å². The molecule has 0 bridgehead atoms. The minimum absolute atomic E-state index is 0.134. The second-order valence-corrected chi connectivity index (χ2v) is 8.11. The molecule has 0 aromatic heterocycles. The molecule has 140 valence electrons. The van der Waals surface area contributed by atoms with Crippen molar-refractivity contribution >= 4 is 14.6 Å². The summed E-state index contributed by atoms with van der Waals surface area (Å²) in [5.41, 5.74) is 5.93. The van der Waals surface area contributed by atoms with E-state index in [4.69, 9.17) is 5.73 Å². The Kier molecular flexibility index (Phi) is 10.8. The van der Waals surface area contributed by atoms with E-state index in [0.717, 1.165) is 12.8 Å². The summed E-state index contributed by atoms with van der Waals surface area (Å²) in [6.45, 7) is 12.8. The van der Waals surface area contributed by atoms with Crippen LogP contribution in [0.5, 0.6) is 0 Å². The molecule has 0 saturated heterocycles. The van der Waals surface area contributed by atoms with Crippen molar-refractivity contribution < 1.29 is 15.3 Å². The van der Waals surface area contributed by atoms with Gasteiger partial charge in [-0.3, -0.25) is 0 Å². The van der Waals surface area contributed by atoms with Crippen molar-refractivity contribution in [1.29, 1.82) is 0 Å². The molecular weight excluding hydrogens is 300 g/mol. The maximum Gasteiger partial charge on any atom is 0.186 e. The van der Waals surface area contributed by atoms with Gasteiger partial charge in [-0.25, -0.2) is 0 Å². The van der Waals surface area contributed by atoms with Crippen LogP contribution in [0.15, 0.2) is 0 Å². The number of aliphatic hydroxyl groups excluding tert-OH is 3. The van der Waals surface area contributed by atoms with Crippen LogP contribution < -0.4 is 5.73 Å². The van der Waals surface area contributed by atoms with E-state index in [1.165, 1.54) is 0 Å². The standard InChI is InChI=1S/C18H39B2NO3/c1-7-13(3)9-15(23)20-16(24)11-19-18(6,12-21)17(5,8-2)10-14(4)22/h13-16,22-24H,7-12,21H2,1-6H3. The second-order valence-electron chi connectivity index (χ2n) is 8.11. The first-order chi connectivity index (χ1) is 11.0. The fourth-order valence-electron chi connectivity index (χ4n) is 3.38. The Morgan fingerprint density at radius 2 is 1.62 bits per heavy atom. The monoisotopic (exact) mass is 339 g/mol. The van der Waals surface area contributed by atoms with E-state index in [1.807, 2.05) is 0 Å². The van der Waals surface area contributed by atoms with E-state index in [2.05, 4.69) is 41.9 Å². The van der Waals surface area contributed by atoms with Crippen LogP contribution in [0, 0.1) is 11.3 Å².